The summed E-state index contributed by atoms with van der Waals surface area (Å²) in [6, 6.07) is 9.81. The number of rotatable bonds is 3. The molecule has 4 aromatic rings. The minimum absolute atomic E-state index is 0.0485. The molecule has 1 aliphatic rings. The first kappa shape index (κ1) is 18.3. The van der Waals surface area contributed by atoms with Crippen LogP contribution in [0.25, 0.3) is 28.2 Å². The van der Waals surface area contributed by atoms with E-state index in [-0.39, 0.29) is 11.7 Å². The van der Waals surface area contributed by atoms with Gasteiger partial charge < -0.3 is 4.90 Å². The highest BCUT2D eigenvalue weighted by Gasteiger charge is 2.22. The Morgan fingerprint density at radius 3 is 2.70 bits per heavy atom. The lowest BCUT2D eigenvalue weighted by Gasteiger charge is -2.26. The number of amides is 1. The van der Waals surface area contributed by atoms with E-state index in [0.29, 0.717) is 27.9 Å². The maximum absolute atomic E-state index is 14.9. The number of piperidine rings is 1. The second kappa shape index (κ2) is 7.25. The Balaban J connectivity index is 1.54. The number of aromatic amines is 1. The monoisotopic (exact) mass is 407 g/mol. The molecule has 1 saturated heterocycles. The van der Waals surface area contributed by atoms with Gasteiger partial charge in [-0.1, -0.05) is 17.3 Å². The molecule has 1 aliphatic heterocycles. The van der Waals surface area contributed by atoms with E-state index in [0.717, 1.165) is 32.4 Å². The van der Waals surface area contributed by atoms with Crippen molar-refractivity contribution in [1.82, 2.24) is 24.7 Å². The topological polar surface area (TPSA) is 96.5 Å². The van der Waals surface area contributed by atoms with Gasteiger partial charge in [0.05, 0.1) is 23.0 Å². The third-order valence-electron chi connectivity index (χ3n) is 5.38. The van der Waals surface area contributed by atoms with E-state index in [1.807, 2.05) is 4.90 Å². The summed E-state index contributed by atoms with van der Waals surface area (Å²) in [6.07, 6.45) is 4.69. The van der Waals surface area contributed by atoms with Gasteiger partial charge in [0.25, 0.3) is 5.91 Å². The summed E-state index contributed by atoms with van der Waals surface area (Å²) >= 11 is 0. The Bertz CT molecular complexity index is 1300. The lowest BCUT2D eigenvalue weighted by molar-refractivity contribution is 0.0726. The molecular formula is C21H18FN5O3. The highest BCUT2D eigenvalue weighted by atomic mass is 19.1. The van der Waals surface area contributed by atoms with E-state index < -0.39 is 11.6 Å². The van der Waals surface area contributed by atoms with Gasteiger partial charge in [-0.3, -0.25) is 14.3 Å². The average molecular weight is 407 g/mol. The van der Waals surface area contributed by atoms with Crippen LogP contribution in [0.3, 0.4) is 0 Å². The molecule has 0 aliphatic carbocycles. The predicted molar refractivity (Wildman–Crippen MR) is 106 cm³/mol. The summed E-state index contributed by atoms with van der Waals surface area (Å²) in [6.45, 7) is 1.49. The molecule has 152 valence electrons. The van der Waals surface area contributed by atoms with Gasteiger partial charge in [0.15, 0.2) is 5.82 Å². The highest BCUT2D eigenvalue weighted by molar-refractivity contribution is 6.01. The van der Waals surface area contributed by atoms with E-state index in [9.17, 15) is 14.0 Å². The second-order valence-corrected chi connectivity index (χ2v) is 7.26. The number of benzene rings is 1. The van der Waals surface area contributed by atoms with Crippen LogP contribution < -0.4 is 5.76 Å². The fraction of sp³-hybridized carbons (Fsp3) is 0.238. The third kappa shape index (κ3) is 3.08. The number of nitrogens with one attached hydrogen (secondary N) is 1. The van der Waals surface area contributed by atoms with Gasteiger partial charge in [-0.05, 0) is 43.5 Å². The quantitative estimate of drug-likeness (QED) is 0.563. The zero-order valence-electron chi connectivity index (χ0n) is 16.0. The van der Waals surface area contributed by atoms with Gasteiger partial charge in [0.1, 0.15) is 5.82 Å². The molecule has 30 heavy (non-hydrogen) atoms. The molecule has 0 bridgehead atoms. The van der Waals surface area contributed by atoms with Gasteiger partial charge in [0.2, 0.25) is 0 Å². The first-order chi connectivity index (χ1) is 14.6. The van der Waals surface area contributed by atoms with Gasteiger partial charge in [-0.25, -0.2) is 13.7 Å². The SMILES string of the molecule is O=C(c1cnn2c(-c3ccc(-c4noc(=O)[nH]4)cc3F)cccc12)N1CCCCC1. The summed E-state index contributed by atoms with van der Waals surface area (Å²) in [5.74, 6) is -1.12. The summed E-state index contributed by atoms with van der Waals surface area (Å²) in [7, 11) is 0. The Kier molecular flexibility index (Phi) is 4.42. The maximum atomic E-state index is 14.9. The molecule has 0 unspecified atom stereocenters. The fourth-order valence-corrected chi connectivity index (χ4v) is 3.87. The number of pyridine rings is 1. The molecule has 5 rings (SSSR count). The van der Waals surface area contributed by atoms with Crippen molar-refractivity contribution in [3.05, 3.63) is 64.5 Å². The molecule has 1 N–H and O–H groups in total. The Morgan fingerprint density at radius 2 is 1.97 bits per heavy atom. The zero-order valence-corrected chi connectivity index (χ0v) is 16.0. The summed E-state index contributed by atoms with van der Waals surface area (Å²) < 4.78 is 21.0. The lowest BCUT2D eigenvalue weighted by atomic mass is 10.1. The van der Waals surface area contributed by atoms with Crippen LogP contribution in [0.2, 0.25) is 0 Å². The number of hydrogen-bond donors (Lipinski definition) is 1. The minimum Gasteiger partial charge on any atom is -0.339 e. The predicted octanol–water partition coefficient (Wildman–Crippen LogP) is 3.11. The van der Waals surface area contributed by atoms with Crippen molar-refractivity contribution >= 4 is 11.4 Å². The summed E-state index contributed by atoms with van der Waals surface area (Å²) in [4.78, 5) is 28.3. The summed E-state index contributed by atoms with van der Waals surface area (Å²) in [5, 5.41) is 7.94. The van der Waals surface area contributed by atoms with Crippen LogP contribution >= 0.6 is 0 Å². The second-order valence-electron chi connectivity index (χ2n) is 7.26. The normalized spacial score (nSPS) is 14.4. The van der Waals surface area contributed by atoms with Crippen molar-refractivity contribution in [3.63, 3.8) is 0 Å². The Labute approximate surface area is 169 Å². The number of hydrogen-bond acceptors (Lipinski definition) is 5. The van der Waals surface area contributed by atoms with Gasteiger partial charge >= 0.3 is 5.76 Å². The molecular weight excluding hydrogens is 389 g/mol. The highest BCUT2D eigenvalue weighted by Crippen LogP contribution is 2.28. The van der Waals surface area contributed by atoms with Crippen LogP contribution in [0.4, 0.5) is 4.39 Å². The molecule has 0 spiro atoms. The average Bonchev–Trinajstić information content (AvgIpc) is 3.40. The van der Waals surface area contributed by atoms with Gasteiger partial charge in [-0.2, -0.15) is 5.10 Å². The van der Waals surface area contributed by atoms with Crippen molar-refractivity contribution in [1.29, 1.82) is 0 Å². The molecule has 8 nitrogen and oxygen atoms in total. The molecule has 9 heteroatoms. The lowest BCUT2D eigenvalue weighted by Crippen LogP contribution is -2.35. The molecule has 1 fully saturated rings. The minimum atomic E-state index is -0.707. The largest absolute Gasteiger partial charge is 0.439 e. The number of nitrogens with zero attached hydrogens (tertiary/aromatic N) is 4. The molecule has 0 radical (unpaired) electrons. The standard InChI is InChI=1S/C21H18FN5O3/c22-16-11-13(19-24-21(29)30-25-19)7-8-14(16)17-5-4-6-18-15(12-23-27(17)18)20(28)26-9-2-1-3-10-26/h4-8,11-12H,1-3,9-10H2,(H,24,25,29). The number of carbonyl (C=O) groups is 1. The smallest absolute Gasteiger partial charge is 0.339 e. The van der Waals surface area contributed by atoms with Crippen LogP contribution in [0.15, 0.2) is 51.9 Å². The van der Waals surface area contributed by atoms with E-state index in [4.69, 9.17) is 0 Å². The Morgan fingerprint density at radius 1 is 1.13 bits per heavy atom. The Hall–Kier alpha value is -3.75. The third-order valence-corrected chi connectivity index (χ3v) is 5.38. The number of likely N-dealkylation sites (tertiary alicyclic amines) is 1. The van der Waals surface area contributed by atoms with Crippen LogP contribution in [0, 0.1) is 5.82 Å². The zero-order chi connectivity index (χ0) is 20.7. The van der Waals surface area contributed by atoms with E-state index in [1.54, 1.807) is 41.0 Å². The van der Waals surface area contributed by atoms with Gasteiger partial charge in [0, 0.05) is 24.2 Å². The fourth-order valence-electron chi connectivity index (χ4n) is 3.87. The molecule has 4 heterocycles. The van der Waals surface area contributed by atoms with Crippen molar-refractivity contribution in [3.8, 4) is 22.6 Å². The molecule has 3 aromatic heterocycles. The van der Waals surface area contributed by atoms with E-state index in [2.05, 4.69) is 19.8 Å². The molecule has 1 aromatic carbocycles. The van der Waals surface area contributed by atoms with E-state index >= 15 is 0 Å². The van der Waals surface area contributed by atoms with Crippen molar-refractivity contribution in [2.45, 2.75) is 19.3 Å². The first-order valence-electron chi connectivity index (χ1n) is 9.74. The van der Waals surface area contributed by atoms with Crippen molar-refractivity contribution in [2.75, 3.05) is 13.1 Å². The number of fused-ring (bicyclic) bond motifs is 1. The van der Waals surface area contributed by atoms with Gasteiger partial charge in [-0.15, -0.1) is 0 Å². The van der Waals surface area contributed by atoms with E-state index in [1.165, 1.54) is 6.07 Å². The number of H-pyrrole nitrogens is 1. The number of carbonyl (C=O) groups excluding carboxylic acids is 1. The van der Waals surface area contributed by atoms with Crippen LogP contribution in [-0.2, 0) is 0 Å². The van der Waals surface area contributed by atoms with Crippen LogP contribution in [0.5, 0.6) is 0 Å². The number of aromatic nitrogens is 4. The molecule has 0 atom stereocenters. The van der Waals surface area contributed by atoms with Crippen LogP contribution in [-0.4, -0.2) is 43.7 Å². The van der Waals surface area contributed by atoms with Crippen molar-refractivity contribution in [2.24, 2.45) is 0 Å². The molecule has 0 saturated carbocycles. The summed E-state index contributed by atoms with van der Waals surface area (Å²) in [5.41, 5.74) is 2.36. The number of halogens is 1. The van der Waals surface area contributed by atoms with Crippen molar-refractivity contribution < 1.29 is 13.7 Å². The molecule has 1 amide bonds. The maximum Gasteiger partial charge on any atom is 0.439 e. The first-order valence-corrected chi connectivity index (χ1v) is 9.74. The van der Waals surface area contributed by atoms with Crippen LogP contribution in [0.1, 0.15) is 29.6 Å².